The number of hydrogen-bond acceptors (Lipinski definition) is 4. The quantitative estimate of drug-likeness (QED) is 0.262. The minimum atomic E-state index is -1.28. The molecule has 2 aromatic carbocycles. The number of Topliss-reactive ketones (excluding diaryl/α,β-unsaturated/α-hetero) is 1. The van der Waals surface area contributed by atoms with Crippen LogP contribution in [0.15, 0.2) is 42.5 Å². The lowest BCUT2D eigenvalue weighted by Crippen LogP contribution is -2.58. The van der Waals surface area contributed by atoms with Crippen molar-refractivity contribution in [3.05, 3.63) is 69.5 Å². The fourth-order valence-corrected chi connectivity index (χ4v) is 6.52. The number of fused-ring (bicyclic) bond motifs is 5. The number of carbonyl (C=O) groups excluding carboxylic acids is 4. The Balaban J connectivity index is 1.60. The van der Waals surface area contributed by atoms with Gasteiger partial charge in [-0.05, 0) is 80.0 Å². The zero-order valence-electron chi connectivity index (χ0n) is 19.0. The Hall–Kier alpha value is -2.48. The predicted molar refractivity (Wildman–Crippen MR) is 132 cm³/mol. The summed E-state index contributed by atoms with van der Waals surface area (Å²) in [6, 6.07) is 7.74. The number of alkyl halides is 1. The third kappa shape index (κ3) is 4.11. The van der Waals surface area contributed by atoms with Gasteiger partial charge in [-0.1, -0.05) is 23.2 Å². The molecule has 36 heavy (non-hydrogen) atoms. The molecule has 0 unspecified atom stereocenters. The molecule has 0 aromatic heterocycles. The number of amides is 3. The molecule has 1 heterocycles. The Morgan fingerprint density at radius 2 is 1.53 bits per heavy atom. The van der Waals surface area contributed by atoms with E-state index < -0.39 is 47.2 Å². The minimum absolute atomic E-state index is 0.0307. The molecule has 3 fully saturated rings. The molecule has 188 valence electrons. The lowest BCUT2D eigenvalue weighted by Gasteiger charge is -2.36. The van der Waals surface area contributed by atoms with Gasteiger partial charge in [-0.3, -0.25) is 19.2 Å². The van der Waals surface area contributed by atoms with Gasteiger partial charge in [0.1, 0.15) is 11.9 Å². The van der Waals surface area contributed by atoms with Crippen molar-refractivity contribution in [1.82, 2.24) is 10.0 Å². The number of halogens is 4. The first kappa shape index (κ1) is 25.2. The number of nitrogens with zero attached hydrogens (tertiary/aromatic N) is 2. The Morgan fingerprint density at radius 1 is 0.944 bits per heavy atom. The summed E-state index contributed by atoms with van der Waals surface area (Å²) in [4.78, 5) is 54.9. The second-order valence-corrected chi connectivity index (χ2v) is 10.7. The van der Waals surface area contributed by atoms with Gasteiger partial charge in [0.15, 0.2) is 5.78 Å². The van der Waals surface area contributed by atoms with E-state index in [4.69, 9.17) is 34.8 Å². The molecule has 2 aromatic rings. The molecule has 0 radical (unpaired) electrons. The molecule has 2 saturated carbocycles. The van der Waals surface area contributed by atoms with Crippen molar-refractivity contribution < 1.29 is 23.6 Å². The Labute approximate surface area is 222 Å². The highest BCUT2D eigenvalue weighted by molar-refractivity contribution is 6.42. The number of hydrazine groups is 1. The molecule has 0 spiro atoms. The minimum Gasteiger partial charge on any atom is -0.292 e. The molecule has 3 amide bonds. The number of ketones is 1. The first-order valence-electron chi connectivity index (χ1n) is 11.7. The molecule has 1 aliphatic heterocycles. The zero-order chi connectivity index (χ0) is 25.7. The van der Waals surface area contributed by atoms with Crippen LogP contribution >= 0.6 is 34.8 Å². The van der Waals surface area contributed by atoms with Gasteiger partial charge in [0.05, 0.1) is 21.9 Å². The Bertz CT molecular complexity index is 1230. The predicted octanol–water partition coefficient (Wildman–Crippen LogP) is 5.40. The number of rotatable bonds is 7. The number of carbonyl (C=O) groups is 4. The maximum absolute atomic E-state index is 13.9. The van der Waals surface area contributed by atoms with Crippen molar-refractivity contribution in [2.45, 2.75) is 31.7 Å². The number of hydrogen-bond donors (Lipinski definition) is 0. The third-order valence-electron chi connectivity index (χ3n) is 7.60. The van der Waals surface area contributed by atoms with Crippen molar-refractivity contribution >= 4 is 58.3 Å². The summed E-state index contributed by atoms with van der Waals surface area (Å²) in [7, 11) is 0. The fourth-order valence-electron chi connectivity index (χ4n) is 6.01. The lowest BCUT2D eigenvalue weighted by atomic mass is 9.81. The van der Waals surface area contributed by atoms with Crippen LogP contribution in [0.25, 0.3) is 0 Å². The monoisotopic (exact) mass is 550 g/mol. The van der Waals surface area contributed by atoms with Gasteiger partial charge >= 0.3 is 0 Å². The van der Waals surface area contributed by atoms with Crippen LogP contribution < -0.4 is 0 Å². The van der Waals surface area contributed by atoms with E-state index in [1.165, 1.54) is 30.3 Å². The van der Waals surface area contributed by atoms with Crippen LogP contribution in [0.4, 0.5) is 4.39 Å². The SMILES string of the molecule is O=C(c1ccc(F)cc1)[C@H](CCCl)N(C(=O)c1ccc(Cl)c(Cl)c1)N1C(=O)[C@H]2[C@H]3CC[C@@H](C3)[C@@H]2C1=O. The van der Waals surface area contributed by atoms with Crippen LogP contribution in [0.1, 0.15) is 46.4 Å². The van der Waals surface area contributed by atoms with Crippen molar-refractivity contribution in [2.75, 3.05) is 5.88 Å². The molecule has 2 bridgehead atoms. The van der Waals surface area contributed by atoms with Crippen molar-refractivity contribution in [3.8, 4) is 0 Å². The average Bonchev–Trinajstić information content (AvgIpc) is 3.55. The van der Waals surface area contributed by atoms with Crippen LogP contribution in [0, 0.1) is 29.5 Å². The van der Waals surface area contributed by atoms with Gasteiger partial charge < -0.3 is 0 Å². The molecule has 0 N–H and O–H groups in total. The maximum Gasteiger partial charge on any atom is 0.273 e. The van der Waals surface area contributed by atoms with E-state index in [2.05, 4.69) is 0 Å². The second kappa shape index (κ2) is 9.77. The molecule has 3 aliphatic rings. The first-order valence-corrected chi connectivity index (χ1v) is 13.0. The largest absolute Gasteiger partial charge is 0.292 e. The summed E-state index contributed by atoms with van der Waals surface area (Å²) in [5.41, 5.74) is 0.175. The van der Waals surface area contributed by atoms with E-state index >= 15 is 0 Å². The first-order chi connectivity index (χ1) is 17.2. The number of benzene rings is 2. The number of imide groups is 1. The maximum atomic E-state index is 13.9. The van der Waals surface area contributed by atoms with Gasteiger partial charge in [0.25, 0.3) is 17.7 Å². The van der Waals surface area contributed by atoms with E-state index in [1.54, 1.807) is 0 Å². The van der Waals surface area contributed by atoms with Crippen LogP contribution in [0.2, 0.25) is 10.0 Å². The summed E-state index contributed by atoms with van der Waals surface area (Å²) in [5, 5.41) is 2.13. The summed E-state index contributed by atoms with van der Waals surface area (Å²) in [6.45, 7) is 0. The van der Waals surface area contributed by atoms with Gasteiger partial charge in [0.2, 0.25) is 0 Å². The molecular weight excluding hydrogens is 530 g/mol. The van der Waals surface area contributed by atoms with Gasteiger partial charge in [-0.2, -0.15) is 5.01 Å². The molecule has 1 saturated heterocycles. The standard InChI is InChI=1S/C26H22Cl3FN2O4/c27-10-9-20(23(33)13-3-6-17(30)7-4-13)31(24(34)16-5-8-18(28)19(29)12-16)32-25(35)21-14-1-2-15(11-14)22(21)26(32)36/h3-8,12,14-15,20-22H,1-2,9-11H2/t14-,15-,20-,21-,22-/m0/s1. The average molecular weight is 552 g/mol. The van der Waals surface area contributed by atoms with E-state index in [9.17, 15) is 23.6 Å². The second-order valence-electron chi connectivity index (χ2n) is 9.52. The topological polar surface area (TPSA) is 74.8 Å². The Kier molecular flexibility index (Phi) is 6.83. The van der Waals surface area contributed by atoms with E-state index in [0.717, 1.165) is 41.4 Å². The summed E-state index contributed by atoms with van der Waals surface area (Å²) >= 11 is 18.2. The highest BCUT2D eigenvalue weighted by Crippen LogP contribution is 2.56. The third-order valence-corrected chi connectivity index (χ3v) is 8.56. The van der Waals surface area contributed by atoms with E-state index in [-0.39, 0.29) is 45.3 Å². The van der Waals surface area contributed by atoms with Crippen LogP contribution in [-0.2, 0) is 9.59 Å². The summed E-state index contributed by atoms with van der Waals surface area (Å²) < 4.78 is 13.5. The molecule has 6 nitrogen and oxygen atoms in total. The van der Waals surface area contributed by atoms with Crippen molar-refractivity contribution in [2.24, 2.45) is 23.7 Å². The van der Waals surface area contributed by atoms with E-state index in [1.807, 2.05) is 0 Å². The molecule has 10 heteroatoms. The van der Waals surface area contributed by atoms with Gasteiger partial charge in [-0.25, -0.2) is 9.40 Å². The zero-order valence-corrected chi connectivity index (χ0v) is 21.3. The van der Waals surface area contributed by atoms with E-state index in [0.29, 0.717) is 0 Å². The van der Waals surface area contributed by atoms with Crippen LogP contribution in [-0.4, -0.2) is 45.4 Å². The van der Waals surface area contributed by atoms with Crippen LogP contribution in [0.5, 0.6) is 0 Å². The molecule has 5 atom stereocenters. The van der Waals surface area contributed by atoms with Gasteiger partial charge in [0, 0.05) is 17.0 Å². The molecule has 5 rings (SSSR count). The highest BCUT2D eigenvalue weighted by Gasteiger charge is 2.63. The lowest BCUT2D eigenvalue weighted by molar-refractivity contribution is -0.157. The van der Waals surface area contributed by atoms with Crippen molar-refractivity contribution in [3.63, 3.8) is 0 Å². The van der Waals surface area contributed by atoms with Crippen molar-refractivity contribution in [1.29, 1.82) is 0 Å². The molecule has 2 aliphatic carbocycles. The smallest absolute Gasteiger partial charge is 0.273 e. The molecular formula is C26H22Cl3FN2O4. The normalized spacial score (nSPS) is 25.3. The highest BCUT2D eigenvalue weighted by atomic mass is 35.5. The summed E-state index contributed by atoms with van der Waals surface area (Å²) in [6.07, 6.45) is 2.50. The summed E-state index contributed by atoms with van der Waals surface area (Å²) in [5.74, 6) is -3.66. The van der Waals surface area contributed by atoms with Gasteiger partial charge in [-0.15, -0.1) is 11.6 Å². The fraction of sp³-hybridized carbons (Fsp3) is 0.385. The Morgan fingerprint density at radius 3 is 2.08 bits per heavy atom. The van der Waals surface area contributed by atoms with Crippen LogP contribution in [0.3, 0.4) is 0 Å².